The molecule has 11 aromatic rings. The minimum absolute atomic E-state index is 0.0625. The van der Waals surface area contributed by atoms with Crippen LogP contribution < -0.4 is 16.2 Å². The molecule has 5 heteroatoms. The average Bonchev–Trinajstić information content (AvgIpc) is 4.04. The predicted molar refractivity (Wildman–Crippen MR) is 298 cm³/mol. The van der Waals surface area contributed by atoms with Gasteiger partial charge in [0, 0.05) is 73.8 Å². The van der Waals surface area contributed by atoms with Crippen molar-refractivity contribution in [1.29, 1.82) is 0 Å². The van der Waals surface area contributed by atoms with E-state index in [9.17, 15) is 0 Å². The molecule has 0 unspecified atom stereocenters. The van der Waals surface area contributed by atoms with E-state index in [0.29, 0.717) is 0 Å². The number of hydrogen-bond acceptors (Lipinski definition) is 3. The van der Waals surface area contributed by atoms with Gasteiger partial charge in [-0.25, -0.2) is 0 Å². The first-order valence-corrected chi connectivity index (χ1v) is 26.2. The van der Waals surface area contributed by atoms with Gasteiger partial charge in [-0.05, 0) is 139 Å². The monoisotopic (exact) mass is 913 g/mol. The van der Waals surface area contributed by atoms with Crippen LogP contribution in [-0.2, 0) is 21.7 Å². The number of anilines is 2. The van der Waals surface area contributed by atoms with Crippen molar-refractivity contribution < 1.29 is 0 Å². The van der Waals surface area contributed by atoms with Crippen molar-refractivity contribution >= 4 is 114 Å². The van der Waals surface area contributed by atoms with E-state index in [2.05, 4.69) is 213 Å². The third kappa shape index (κ3) is 5.52. The highest BCUT2D eigenvalue weighted by atomic mass is 32.1. The van der Waals surface area contributed by atoms with E-state index in [1.165, 1.54) is 142 Å². The van der Waals surface area contributed by atoms with Crippen LogP contribution in [0.1, 0.15) is 103 Å². The largest absolute Gasteiger partial charge is 0.355 e. The van der Waals surface area contributed by atoms with E-state index in [-0.39, 0.29) is 21.7 Å². The molecule has 2 nitrogen and oxygen atoms in total. The molecule has 0 saturated heterocycles. The van der Waals surface area contributed by atoms with Gasteiger partial charge >= 0.3 is 0 Å². The topological polar surface area (TPSA) is 17.0 Å². The minimum Gasteiger partial charge on any atom is -0.355 e. The molecule has 8 aromatic carbocycles. The van der Waals surface area contributed by atoms with Crippen molar-refractivity contribution in [3.05, 3.63) is 161 Å². The smallest absolute Gasteiger partial charge is 0.197 e. The predicted octanol–water partition coefficient (Wildman–Crippen LogP) is 16.9. The Balaban J connectivity index is 1.17. The van der Waals surface area contributed by atoms with Gasteiger partial charge in [-0.3, -0.25) is 0 Å². The lowest BCUT2D eigenvalue weighted by Gasteiger charge is -2.42. The van der Waals surface area contributed by atoms with Gasteiger partial charge in [0.25, 0.3) is 0 Å². The summed E-state index contributed by atoms with van der Waals surface area (Å²) in [4.78, 5) is 0. The van der Waals surface area contributed by atoms with Gasteiger partial charge in [-0.1, -0.05) is 147 Å². The maximum atomic E-state index is 4.11. The van der Waals surface area contributed by atoms with E-state index >= 15 is 0 Å². The van der Waals surface area contributed by atoms with Crippen LogP contribution in [0.25, 0.3) is 90.1 Å². The highest BCUT2D eigenvalue weighted by Gasteiger charge is 2.41. The Kier molecular flexibility index (Phi) is 8.15. The van der Waals surface area contributed by atoms with Crippen molar-refractivity contribution in [2.24, 2.45) is 0 Å². The van der Waals surface area contributed by atoms with Crippen LogP contribution in [0.5, 0.6) is 0 Å². The second-order valence-electron chi connectivity index (χ2n) is 23.0. The van der Waals surface area contributed by atoms with Gasteiger partial charge in [0.05, 0.1) is 11.0 Å². The second kappa shape index (κ2) is 13.6. The van der Waals surface area contributed by atoms with Crippen molar-refractivity contribution in [1.82, 2.24) is 4.57 Å². The zero-order valence-corrected chi connectivity index (χ0v) is 42.1. The molecular weight excluding hydrogens is 860 g/mol. The van der Waals surface area contributed by atoms with Gasteiger partial charge in [-0.2, -0.15) is 0 Å². The lowest BCUT2D eigenvalue weighted by molar-refractivity contribution is 0.332. The number of hydrogen-bond donors (Lipinski definition) is 1. The third-order valence-corrected chi connectivity index (χ3v) is 18.9. The quantitative estimate of drug-likeness (QED) is 0.175. The Labute approximate surface area is 407 Å². The summed E-state index contributed by atoms with van der Waals surface area (Å²) in [6.07, 6.45) is 2.35. The molecule has 3 aromatic heterocycles. The molecular formula is C63H54BN2S2. The molecule has 0 saturated carbocycles. The summed E-state index contributed by atoms with van der Waals surface area (Å²) < 4.78 is 8.07. The van der Waals surface area contributed by atoms with Crippen molar-refractivity contribution in [2.45, 2.75) is 96.8 Å². The highest BCUT2D eigenvalue weighted by Crippen LogP contribution is 2.56. The number of aromatic nitrogens is 1. The van der Waals surface area contributed by atoms with E-state index in [0.717, 1.165) is 11.4 Å². The van der Waals surface area contributed by atoms with Crippen molar-refractivity contribution in [2.75, 3.05) is 5.32 Å². The Morgan fingerprint density at radius 2 is 1.24 bits per heavy atom. The van der Waals surface area contributed by atoms with E-state index in [4.69, 9.17) is 0 Å². The summed E-state index contributed by atoms with van der Waals surface area (Å²) in [5.74, 6) is 0. The number of nitrogens with zero attached hydrogens (tertiary/aromatic N) is 1. The summed E-state index contributed by atoms with van der Waals surface area (Å²) in [5, 5.41) is 12.2. The fraction of sp³-hybridized carbons (Fsp3) is 0.238. The number of benzene rings is 8. The van der Waals surface area contributed by atoms with Crippen LogP contribution >= 0.6 is 22.7 Å². The molecule has 0 fully saturated rings. The normalized spacial score (nSPS) is 16.4. The fourth-order valence-electron chi connectivity index (χ4n) is 12.7. The Morgan fingerprint density at radius 1 is 0.559 bits per heavy atom. The van der Waals surface area contributed by atoms with Gasteiger partial charge in [-0.15, -0.1) is 22.7 Å². The van der Waals surface area contributed by atoms with Crippen LogP contribution in [-0.4, -0.2) is 11.8 Å². The number of thiophene rings is 2. The van der Waals surface area contributed by atoms with E-state index < -0.39 is 0 Å². The van der Waals surface area contributed by atoms with E-state index in [1.807, 2.05) is 22.7 Å². The van der Waals surface area contributed by atoms with Crippen LogP contribution in [0.2, 0.25) is 0 Å². The molecule has 1 N–H and O–H groups in total. The molecule has 1 radical (unpaired) electrons. The zero-order chi connectivity index (χ0) is 46.4. The molecule has 0 bridgehead atoms. The molecule has 4 heterocycles. The van der Waals surface area contributed by atoms with Crippen LogP contribution in [0, 0.1) is 0 Å². The Morgan fingerprint density at radius 3 is 1.99 bits per heavy atom. The fourth-order valence-corrected chi connectivity index (χ4v) is 15.1. The van der Waals surface area contributed by atoms with E-state index in [1.54, 1.807) is 0 Å². The maximum absolute atomic E-state index is 4.11. The maximum Gasteiger partial charge on any atom is 0.197 e. The molecule has 0 atom stereocenters. The highest BCUT2D eigenvalue weighted by molar-refractivity contribution is 7.27. The van der Waals surface area contributed by atoms with Crippen molar-refractivity contribution in [3.63, 3.8) is 0 Å². The first-order chi connectivity index (χ1) is 32.6. The molecule has 2 aliphatic carbocycles. The summed E-state index contributed by atoms with van der Waals surface area (Å²) in [6.45, 7) is 21.6. The Bertz CT molecular complexity index is 4030. The molecule has 0 amide bonds. The second-order valence-corrected chi connectivity index (χ2v) is 25.2. The van der Waals surface area contributed by atoms with Gasteiger partial charge < -0.3 is 9.88 Å². The molecule has 0 spiro atoms. The lowest BCUT2D eigenvalue weighted by atomic mass is 9.58. The summed E-state index contributed by atoms with van der Waals surface area (Å²) in [7, 11) is 2.57. The van der Waals surface area contributed by atoms with Crippen LogP contribution in [0.15, 0.2) is 133 Å². The summed E-state index contributed by atoms with van der Waals surface area (Å²) in [6, 6.07) is 51.8. The van der Waals surface area contributed by atoms with Crippen molar-refractivity contribution in [3.8, 4) is 27.9 Å². The number of fused-ring (bicyclic) bond motifs is 16. The first-order valence-electron chi connectivity index (χ1n) is 24.5. The molecule has 68 heavy (non-hydrogen) atoms. The van der Waals surface area contributed by atoms with Gasteiger partial charge in [0.15, 0.2) is 7.28 Å². The molecule has 14 rings (SSSR count). The SMILES string of the molecule is CC(C)(C)c1ccc(Nc2cc3c(cc2-c2c4c5c(c6cc7c(cc6n5-c5cc6sc8ccccc8c6cc5[B]4)C(C)(C)CCC7(C)C)c4sc5ccccc5c24)-c2ccccc2C3(C)C)cc1. The van der Waals surface area contributed by atoms with Crippen LogP contribution in [0.3, 0.4) is 0 Å². The van der Waals surface area contributed by atoms with Gasteiger partial charge in [0.2, 0.25) is 0 Å². The average molecular weight is 914 g/mol. The van der Waals surface area contributed by atoms with Crippen LogP contribution in [0.4, 0.5) is 11.4 Å². The zero-order valence-electron chi connectivity index (χ0n) is 40.5. The third-order valence-electron chi connectivity index (χ3n) is 16.6. The summed E-state index contributed by atoms with van der Waals surface area (Å²) in [5.41, 5.74) is 21.0. The molecule has 331 valence electrons. The summed E-state index contributed by atoms with van der Waals surface area (Å²) >= 11 is 3.90. The molecule has 3 aliphatic rings. The Hall–Kier alpha value is -6.14. The number of nitrogens with one attached hydrogen (secondary N) is 1. The first kappa shape index (κ1) is 40.9. The number of rotatable bonds is 3. The lowest BCUT2D eigenvalue weighted by Crippen LogP contribution is -2.37. The molecule has 1 aliphatic heterocycles. The standard InChI is InChI=1S/C63H54BN2S2/c1-60(2,3)34-22-24-35(25-23-34)65-48-31-44-39(36-16-10-13-19-43(36)63(44,8)9)28-41(48)54-55-38-18-12-15-21-52(38)68-59(55)56-42-29-45-46(62(6,7)27-26-61(45,4)5)32-49(42)66-50-33-53-40(30-47(50)64-57(54)58(56)66)37-17-11-14-20-51(37)67-53/h10-25,28-33,65H,26-27H2,1-9H3. The van der Waals surface area contributed by atoms with Gasteiger partial charge in [0.1, 0.15) is 0 Å². The minimum atomic E-state index is -0.160.